The zero-order valence-electron chi connectivity index (χ0n) is 43.0. The van der Waals surface area contributed by atoms with Crippen molar-refractivity contribution in [1.82, 2.24) is 18.7 Å². The molecular weight excluding hydrogens is 1100 g/mol. The summed E-state index contributed by atoms with van der Waals surface area (Å²) < 4.78 is 43.7. The Morgan fingerprint density at radius 2 is 1.22 bits per heavy atom. The maximum absolute atomic E-state index is 15.3. The van der Waals surface area contributed by atoms with Crippen LogP contribution in [0.15, 0.2) is 164 Å². The standard InChI is InChI=1S/C66H56F2N4O.Pt/c1-40(2)44-28-45(41(3)4)30-46(29-44)55-19-15-20-56(47-31-50(67)36-51(68)32-47)65(55)71-39-70(60-22-12-13-23-61(60)71)52-33-48(64-42(5)16-14-17-43(64)6)34-54(37-52)73-53-24-25-58-57-18-10-11-21-59(57)72(62(58)38-53)63-35-49(26-27-69-63)66(7,8)9;/h10-36,40-41H,1-9H3;/q;+2. The molecule has 0 saturated carbocycles. The number of fused-ring (bicyclic) bond motifs is 4. The smallest absolute Gasteiger partial charge is 0.509 e. The first-order valence-corrected chi connectivity index (χ1v) is 25.0. The molecule has 8 aromatic carbocycles. The number of ether oxygens (including phenoxy) is 1. The third kappa shape index (κ3) is 9.25. The molecule has 0 bridgehead atoms. The minimum Gasteiger partial charge on any atom is -0.509 e. The summed E-state index contributed by atoms with van der Waals surface area (Å²) in [5, 5.41) is 2.13. The molecule has 0 atom stereocenters. The van der Waals surface area contributed by atoms with Gasteiger partial charge in [-0.25, -0.2) is 13.8 Å². The second kappa shape index (κ2) is 19.7. The molecule has 1 aliphatic rings. The molecule has 8 heteroatoms. The zero-order valence-corrected chi connectivity index (χ0v) is 45.3. The van der Waals surface area contributed by atoms with Gasteiger partial charge in [0.05, 0.1) is 11.1 Å². The first-order valence-electron chi connectivity index (χ1n) is 25.0. The number of hydrogen-bond acceptors (Lipinski definition) is 2. The maximum Gasteiger partial charge on any atom is 2.00 e. The molecule has 3 heterocycles. The average molecular weight is 1150 g/mol. The van der Waals surface area contributed by atoms with Crippen LogP contribution < -0.4 is 13.9 Å². The Kier molecular flexibility index (Phi) is 13.3. The molecule has 0 radical (unpaired) electrons. The van der Waals surface area contributed by atoms with Crippen molar-refractivity contribution >= 4 is 50.6 Å². The van der Waals surface area contributed by atoms with Crippen molar-refractivity contribution in [3.63, 3.8) is 0 Å². The third-order valence-corrected chi connectivity index (χ3v) is 14.1. The molecule has 74 heavy (non-hydrogen) atoms. The van der Waals surface area contributed by atoms with Crippen molar-refractivity contribution in [3.05, 3.63) is 216 Å². The second-order valence-corrected chi connectivity index (χ2v) is 20.9. The monoisotopic (exact) mass is 1150 g/mol. The summed E-state index contributed by atoms with van der Waals surface area (Å²) >= 11 is 0. The SMILES string of the molecule is Cc1cccc(C)c1-c1cc(Oc2[c-]c3c(cc2)c2ccccc2n3-c2cc(C(C)(C)C)ccn2)[c-]c([N+]2=C=[N+](c3c(-c4cc(F)cc(F)c4)cccc3-c3cc(C(C)C)cc(C(C)C)c3)c3ccccc32)c1.[Pt+2]. The molecule has 11 rings (SSSR count). The van der Waals surface area contributed by atoms with E-state index in [0.717, 1.165) is 84.1 Å². The summed E-state index contributed by atoms with van der Waals surface area (Å²) in [5.41, 5.74) is 15.7. The van der Waals surface area contributed by atoms with Gasteiger partial charge in [0.15, 0.2) is 0 Å². The Morgan fingerprint density at radius 3 is 1.88 bits per heavy atom. The molecule has 2 aromatic heterocycles. The largest absolute Gasteiger partial charge is 2.00 e. The van der Waals surface area contributed by atoms with E-state index in [9.17, 15) is 0 Å². The van der Waals surface area contributed by atoms with Crippen LogP contribution in [-0.2, 0) is 26.5 Å². The number of para-hydroxylation sites is 4. The molecule has 0 spiro atoms. The van der Waals surface area contributed by atoms with Crippen LogP contribution in [0.5, 0.6) is 11.5 Å². The Balaban J connectivity index is 0.00000626. The van der Waals surface area contributed by atoms with Crippen molar-refractivity contribution in [2.45, 2.75) is 79.6 Å². The van der Waals surface area contributed by atoms with E-state index in [1.807, 2.05) is 51.7 Å². The third-order valence-electron chi connectivity index (χ3n) is 14.1. The van der Waals surface area contributed by atoms with Gasteiger partial charge in [-0.1, -0.05) is 143 Å². The fourth-order valence-corrected chi connectivity index (χ4v) is 10.3. The Labute approximate surface area is 447 Å². The van der Waals surface area contributed by atoms with Gasteiger partial charge in [0.2, 0.25) is 5.69 Å². The van der Waals surface area contributed by atoms with Gasteiger partial charge in [-0.05, 0) is 128 Å². The fourth-order valence-electron chi connectivity index (χ4n) is 10.3. The van der Waals surface area contributed by atoms with E-state index in [0.29, 0.717) is 28.3 Å². The number of rotatable bonds is 10. The van der Waals surface area contributed by atoms with E-state index >= 15 is 8.78 Å². The van der Waals surface area contributed by atoms with Gasteiger partial charge in [-0.3, -0.25) is 0 Å². The van der Waals surface area contributed by atoms with Crippen molar-refractivity contribution in [1.29, 1.82) is 0 Å². The molecule has 10 aromatic rings. The zero-order chi connectivity index (χ0) is 50.9. The Morgan fingerprint density at radius 1 is 0.595 bits per heavy atom. The van der Waals surface area contributed by atoms with E-state index in [-0.39, 0.29) is 38.3 Å². The summed E-state index contributed by atoms with van der Waals surface area (Å²) in [6.07, 6.45) is 1.88. The van der Waals surface area contributed by atoms with Gasteiger partial charge in [-0.2, -0.15) is 6.07 Å². The minimum absolute atomic E-state index is 0. The van der Waals surface area contributed by atoms with Gasteiger partial charge in [0.1, 0.15) is 23.1 Å². The van der Waals surface area contributed by atoms with Crippen LogP contribution >= 0.6 is 0 Å². The van der Waals surface area contributed by atoms with Gasteiger partial charge in [0.25, 0.3) is 11.4 Å². The summed E-state index contributed by atoms with van der Waals surface area (Å²) in [6, 6.07) is 62.9. The predicted molar refractivity (Wildman–Crippen MR) is 296 cm³/mol. The summed E-state index contributed by atoms with van der Waals surface area (Å²) in [6.45, 7) is 19.7. The number of halogens is 2. The first kappa shape index (κ1) is 50.0. The molecule has 0 saturated heterocycles. The molecule has 0 N–H and O–H groups in total. The van der Waals surface area contributed by atoms with E-state index in [1.54, 1.807) is 0 Å². The summed E-state index contributed by atoms with van der Waals surface area (Å²) in [7, 11) is 0. The summed E-state index contributed by atoms with van der Waals surface area (Å²) in [5.74, 6) is 1.05. The van der Waals surface area contributed by atoms with Crippen LogP contribution in [0.1, 0.15) is 88.1 Å². The molecule has 368 valence electrons. The van der Waals surface area contributed by atoms with E-state index in [2.05, 4.69) is 188 Å². The number of nitrogens with zero attached hydrogens (tertiary/aromatic N) is 4. The first-order chi connectivity index (χ1) is 35.1. The van der Waals surface area contributed by atoms with Gasteiger partial charge in [0, 0.05) is 41.4 Å². The van der Waals surface area contributed by atoms with Crippen molar-refractivity contribution in [2.75, 3.05) is 0 Å². The molecule has 0 unspecified atom stereocenters. The van der Waals surface area contributed by atoms with Gasteiger partial charge >= 0.3 is 27.1 Å². The fraction of sp³-hybridized carbons (Fsp3) is 0.182. The molecule has 0 fully saturated rings. The Bertz CT molecular complexity index is 3860. The van der Waals surface area contributed by atoms with Crippen LogP contribution in [-0.4, -0.2) is 15.6 Å². The Hall–Kier alpha value is -7.56. The molecular formula is C66H56F2N4OPt+2. The van der Waals surface area contributed by atoms with Gasteiger partial charge in [-0.15, -0.1) is 29.1 Å². The molecule has 0 amide bonds. The normalized spacial score (nSPS) is 12.3. The topological polar surface area (TPSA) is 33.1 Å². The predicted octanol–water partition coefficient (Wildman–Crippen LogP) is 17.9. The van der Waals surface area contributed by atoms with E-state index in [1.165, 1.54) is 28.8 Å². The van der Waals surface area contributed by atoms with Crippen LogP contribution in [0.25, 0.3) is 61.0 Å². The quantitative estimate of drug-likeness (QED) is 0.101. The van der Waals surface area contributed by atoms with Crippen LogP contribution in [0.4, 0.5) is 31.5 Å². The average Bonchev–Trinajstić information content (AvgIpc) is 3.91. The second-order valence-electron chi connectivity index (χ2n) is 20.9. The van der Waals surface area contributed by atoms with E-state index in [4.69, 9.17) is 9.72 Å². The molecule has 0 aliphatic carbocycles. The number of pyridine rings is 1. The van der Waals surface area contributed by atoms with Crippen LogP contribution in [0.2, 0.25) is 0 Å². The number of benzene rings is 8. The van der Waals surface area contributed by atoms with E-state index < -0.39 is 11.6 Å². The van der Waals surface area contributed by atoms with Crippen LogP contribution in [0.3, 0.4) is 0 Å². The number of aryl methyl sites for hydroxylation is 2. The van der Waals surface area contributed by atoms with Crippen molar-refractivity contribution in [2.24, 2.45) is 0 Å². The summed E-state index contributed by atoms with van der Waals surface area (Å²) in [4.78, 5) is 4.89. The maximum atomic E-state index is 15.3. The number of hydrogen-bond donors (Lipinski definition) is 0. The minimum atomic E-state index is -0.652. The molecule has 5 nitrogen and oxygen atoms in total. The number of aromatic nitrogens is 2. The van der Waals surface area contributed by atoms with Crippen molar-refractivity contribution in [3.8, 4) is 50.7 Å². The van der Waals surface area contributed by atoms with Gasteiger partial charge < -0.3 is 9.30 Å². The van der Waals surface area contributed by atoms with Crippen LogP contribution in [0, 0.1) is 37.6 Å². The van der Waals surface area contributed by atoms with Crippen molar-refractivity contribution < 1.29 is 34.6 Å². The molecule has 1 aliphatic heterocycles.